The molecule has 0 bridgehead atoms. The average molecular weight is 346 g/mol. The van der Waals surface area contributed by atoms with E-state index in [1.807, 2.05) is 25.1 Å². The van der Waals surface area contributed by atoms with Gasteiger partial charge < -0.3 is 14.8 Å². The topological polar surface area (TPSA) is 60.5 Å². The second-order valence-electron chi connectivity index (χ2n) is 6.10. The van der Waals surface area contributed by atoms with Gasteiger partial charge in [0.1, 0.15) is 9.88 Å². The van der Waals surface area contributed by atoms with E-state index >= 15 is 0 Å². The molecule has 1 aromatic carbocycles. The molecule has 6 heteroatoms. The zero-order valence-corrected chi connectivity index (χ0v) is 15.2. The van der Waals surface area contributed by atoms with E-state index < -0.39 is 0 Å². The molecule has 1 fully saturated rings. The minimum Gasteiger partial charge on any atom is -0.493 e. The zero-order valence-electron chi connectivity index (χ0n) is 14.4. The van der Waals surface area contributed by atoms with Crippen LogP contribution in [0, 0.1) is 12.8 Å². The summed E-state index contributed by atoms with van der Waals surface area (Å²) in [4.78, 5) is 17.7. The molecule has 1 heterocycles. The lowest BCUT2D eigenvalue weighted by Gasteiger charge is -2.11. The minimum atomic E-state index is -0.0314. The summed E-state index contributed by atoms with van der Waals surface area (Å²) in [5.74, 6) is 1.92. The smallest absolute Gasteiger partial charge is 0.263 e. The summed E-state index contributed by atoms with van der Waals surface area (Å²) in [6, 6.07) is 5.88. The summed E-state index contributed by atoms with van der Waals surface area (Å²) in [6.07, 6.45) is 2.42. The van der Waals surface area contributed by atoms with E-state index in [0.717, 1.165) is 16.3 Å². The van der Waals surface area contributed by atoms with Crippen LogP contribution in [0.5, 0.6) is 11.5 Å². The van der Waals surface area contributed by atoms with Crippen molar-refractivity contribution in [1.29, 1.82) is 0 Å². The van der Waals surface area contributed by atoms with Gasteiger partial charge in [-0.1, -0.05) is 0 Å². The molecule has 0 radical (unpaired) electrons. The number of carbonyl (C=O) groups is 1. The fraction of sp³-hybridized carbons (Fsp3) is 0.444. The van der Waals surface area contributed by atoms with Gasteiger partial charge >= 0.3 is 0 Å². The van der Waals surface area contributed by atoms with Crippen LogP contribution in [0.3, 0.4) is 0 Å². The van der Waals surface area contributed by atoms with Crippen molar-refractivity contribution in [2.75, 3.05) is 14.2 Å². The number of nitrogens with one attached hydrogen (secondary N) is 1. The average Bonchev–Trinajstić information content (AvgIpc) is 3.36. The Hall–Kier alpha value is -2.08. The van der Waals surface area contributed by atoms with Crippen molar-refractivity contribution >= 4 is 17.2 Å². The fourth-order valence-electron chi connectivity index (χ4n) is 2.69. The zero-order chi connectivity index (χ0) is 17.3. The first-order valence-electron chi connectivity index (χ1n) is 8.04. The summed E-state index contributed by atoms with van der Waals surface area (Å²) in [6.45, 7) is 3.94. The van der Waals surface area contributed by atoms with Crippen LogP contribution >= 0.6 is 11.3 Å². The van der Waals surface area contributed by atoms with Crippen molar-refractivity contribution in [2.24, 2.45) is 5.92 Å². The van der Waals surface area contributed by atoms with Gasteiger partial charge in [0.25, 0.3) is 5.91 Å². The quantitative estimate of drug-likeness (QED) is 0.867. The normalized spacial score (nSPS) is 15.0. The Balaban J connectivity index is 1.84. The summed E-state index contributed by atoms with van der Waals surface area (Å²) < 4.78 is 10.6. The van der Waals surface area contributed by atoms with Crippen LogP contribution in [0.2, 0.25) is 0 Å². The molecular weight excluding hydrogens is 324 g/mol. The van der Waals surface area contributed by atoms with Gasteiger partial charge in [0.05, 0.1) is 19.9 Å². The highest BCUT2D eigenvalue weighted by atomic mass is 32.1. The van der Waals surface area contributed by atoms with Crippen molar-refractivity contribution in [1.82, 2.24) is 10.3 Å². The van der Waals surface area contributed by atoms with E-state index in [1.165, 1.54) is 24.2 Å². The maximum atomic E-state index is 12.5. The van der Waals surface area contributed by atoms with E-state index in [4.69, 9.17) is 9.47 Å². The van der Waals surface area contributed by atoms with Gasteiger partial charge in [-0.3, -0.25) is 4.79 Å². The lowest BCUT2D eigenvalue weighted by Crippen LogP contribution is -2.33. The van der Waals surface area contributed by atoms with E-state index in [0.29, 0.717) is 22.3 Å². The number of hydrogen-bond donors (Lipinski definition) is 1. The van der Waals surface area contributed by atoms with Gasteiger partial charge in [-0.15, -0.1) is 11.3 Å². The second kappa shape index (κ2) is 6.81. The number of methoxy groups -OCH3 is 2. The minimum absolute atomic E-state index is 0.0314. The second-order valence-corrected chi connectivity index (χ2v) is 7.10. The molecule has 0 spiro atoms. The van der Waals surface area contributed by atoms with Crippen LogP contribution in [0.4, 0.5) is 0 Å². The molecule has 1 unspecified atom stereocenters. The van der Waals surface area contributed by atoms with Crippen LogP contribution in [0.1, 0.15) is 35.1 Å². The van der Waals surface area contributed by atoms with E-state index in [1.54, 1.807) is 14.2 Å². The highest BCUT2D eigenvalue weighted by molar-refractivity contribution is 7.17. The molecule has 1 aliphatic rings. The van der Waals surface area contributed by atoms with E-state index in [-0.39, 0.29) is 11.9 Å². The van der Waals surface area contributed by atoms with Gasteiger partial charge in [-0.25, -0.2) is 4.98 Å². The summed E-state index contributed by atoms with van der Waals surface area (Å²) in [5, 5.41) is 3.89. The first-order valence-corrected chi connectivity index (χ1v) is 8.85. The Morgan fingerprint density at radius 3 is 2.62 bits per heavy atom. The van der Waals surface area contributed by atoms with Gasteiger partial charge in [-0.2, -0.15) is 0 Å². The van der Waals surface area contributed by atoms with E-state index in [2.05, 4.69) is 17.2 Å². The Morgan fingerprint density at radius 2 is 2.00 bits per heavy atom. The standard InChI is InChI=1S/C18H22N2O3S/c1-10(12-5-6-12)19-17(21)16-11(2)20-18(24-16)13-7-8-14(22-3)15(9-13)23-4/h7-10,12H,5-6H2,1-4H3,(H,19,21). The maximum absolute atomic E-state index is 12.5. The molecule has 1 atom stereocenters. The van der Waals surface area contributed by atoms with Gasteiger partial charge in [0.15, 0.2) is 11.5 Å². The monoisotopic (exact) mass is 346 g/mol. The number of aryl methyl sites for hydroxylation is 1. The summed E-state index contributed by atoms with van der Waals surface area (Å²) in [7, 11) is 3.21. The van der Waals surface area contributed by atoms with Crippen LogP contribution in [0.15, 0.2) is 18.2 Å². The first-order chi connectivity index (χ1) is 11.5. The van der Waals surface area contributed by atoms with Crippen LogP contribution in [0.25, 0.3) is 10.6 Å². The Bertz CT molecular complexity index is 753. The van der Waals surface area contributed by atoms with Gasteiger partial charge in [0.2, 0.25) is 0 Å². The third-order valence-electron chi connectivity index (χ3n) is 4.32. The number of nitrogens with zero attached hydrogens (tertiary/aromatic N) is 1. The predicted octanol–water partition coefficient (Wildman–Crippen LogP) is 3.66. The molecule has 128 valence electrons. The van der Waals surface area contributed by atoms with Crippen LogP contribution in [-0.4, -0.2) is 31.2 Å². The van der Waals surface area contributed by atoms with Gasteiger partial charge in [0, 0.05) is 11.6 Å². The van der Waals surface area contributed by atoms with Gasteiger partial charge in [-0.05, 0) is 50.8 Å². The summed E-state index contributed by atoms with van der Waals surface area (Å²) >= 11 is 1.41. The lowest BCUT2D eigenvalue weighted by molar-refractivity contribution is 0.0939. The molecule has 1 amide bonds. The lowest BCUT2D eigenvalue weighted by atomic mass is 10.2. The number of ether oxygens (including phenoxy) is 2. The number of amides is 1. The van der Waals surface area contributed by atoms with Crippen molar-refractivity contribution < 1.29 is 14.3 Å². The number of carbonyl (C=O) groups excluding carboxylic acids is 1. The third-order valence-corrected chi connectivity index (χ3v) is 5.53. The number of thiazole rings is 1. The molecule has 0 saturated heterocycles. The molecule has 1 saturated carbocycles. The number of rotatable bonds is 6. The van der Waals surface area contributed by atoms with Crippen LogP contribution < -0.4 is 14.8 Å². The maximum Gasteiger partial charge on any atom is 0.263 e. The molecule has 0 aliphatic heterocycles. The molecule has 1 N–H and O–H groups in total. The Labute approximate surface area is 146 Å². The molecule has 3 rings (SSSR count). The first kappa shape index (κ1) is 16.8. The number of hydrogen-bond acceptors (Lipinski definition) is 5. The molecule has 1 aliphatic carbocycles. The third kappa shape index (κ3) is 3.38. The molecule has 2 aromatic rings. The van der Waals surface area contributed by atoms with Crippen molar-refractivity contribution in [3.05, 3.63) is 28.8 Å². The molecule has 24 heavy (non-hydrogen) atoms. The van der Waals surface area contributed by atoms with Crippen molar-refractivity contribution in [2.45, 2.75) is 32.7 Å². The highest BCUT2D eigenvalue weighted by Gasteiger charge is 2.30. The highest BCUT2D eigenvalue weighted by Crippen LogP contribution is 2.35. The number of benzene rings is 1. The van der Waals surface area contributed by atoms with E-state index in [9.17, 15) is 4.79 Å². The molecular formula is C18H22N2O3S. The molecule has 5 nitrogen and oxygen atoms in total. The number of aromatic nitrogens is 1. The van der Waals surface area contributed by atoms with Crippen molar-refractivity contribution in [3.8, 4) is 22.1 Å². The Kier molecular flexibility index (Phi) is 4.76. The Morgan fingerprint density at radius 1 is 1.29 bits per heavy atom. The SMILES string of the molecule is COc1ccc(-c2nc(C)c(C(=O)NC(C)C3CC3)s2)cc1OC. The predicted molar refractivity (Wildman–Crippen MR) is 95.0 cm³/mol. The fourth-order valence-corrected chi connectivity index (χ4v) is 3.65. The van der Waals surface area contributed by atoms with Crippen molar-refractivity contribution in [3.63, 3.8) is 0 Å². The summed E-state index contributed by atoms with van der Waals surface area (Å²) in [5.41, 5.74) is 1.67. The largest absolute Gasteiger partial charge is 0.493 e. The molecule has 1 aromatic heterocycles. The van der Waals surface area contributed by atoms with Crippen LogP contribution in [-0.2, 0) is 0 Å².